The zero-order chi connectivity index (χ0) is 20.9. The Morgan fingerprint density at radius 1 is 1.03 bits per heavy atom. The topological polar surface area (TPSA) is 102 Å². The van der Waals surface area contributed by atoms with Gasteiger partial charge in [0.1, 0.15) is 12.4 Å². The number of amides is 1. The van der Waals surface area contributed by atoms with Crippen LogP contribution in [0, 0.1) is 0 Å². The quantitative estimate of drug-likeness (QED) is 0.268. The number of nitrogens with two attached hydrogens (primary N) is 1. The van der Waals surface area contributed by atoms with Gasteiger partial charge in [0.2, 0.25) is 6.41 Å². The van der Waals surface area contributed by atoms with E-state index in [1.807, 2.05) is 30.3 Å². The second kappa shape index (κ2) is 14.4. The molecule has 0 unspecified atom stereocenters. The van der Waals surface area contributed by atoms with Crippen LogP contribution in [-0.2, 0) is 27.5 Å². The van der Waals surface area contributed by atoms with E-state index in [9.17, 15) is 14.7 Å². The fraction of sp³-hybridized carbons (Fsp3) is 0.364. The number of carboxylic acid groups (broad SMARTS) is 1. The van der Waals surface area contributed by atoms with Crippen molar-refractivity contribution in [3.8, 4) is 5.75 Å². The van der Waals surface area contributed by atoms with E-state index in [4.69, 9.17) is 15.3 Å². The normalized spacial score (nSPS) is 11.2. The molecule has 0 heterocycles. The average molecular weight is 437 g/mol. The Kier molecular flexibility index (Phi) is 12.2. The Morgan fingerprint density at radius 2 is 1.73 bits per heavy atom. The summed E-state index contributed by atoms with van der Waals surface area (Å²) in [5.41, 5.74) is 7.07. The maximum atomic E-state index is 11.7. The molecule has 1 atom stereocenters. The molecule has 2 aromatic carbocycles. The summed E-state index contributed by atoms with van der Waals surface area (Å²) < 4.78 is 5.67. The lowest BCUT2D eigenvalue weighted by Gasteiger charge is -2.24. The van der Waals surface area contributed by atoms with Crippen LogP contribution in [0.3, 0.4) is 0 Å². The molecule has 0 saturated carbocycles. The van der Waals surface area contributed by atoms with Gasteiger partial charge in [-0.1, -0.05) is 42.5 Å². The van der Waals surface area contributed by atoms with Crippen molar-refractivity contribution >= 4 is 24.8 Å². The minimum atomic E-state index is -1.13. The molecule has 0 aliphatic carbocycles. The number of halogens is 1. The SMILES string of the molecule is Cl.NCCCCCOc1ccc(C[C@@H](C(=O)O)N(C=O)OCc2ccccc2)cc1. The van der Waals surface area contributed by atoms with Crippen molar-refractivity contribution in [2.45, 2.75) is 38.3 Å². The average Bonchev–Trinajstić information content (AvgIpc) is 2.74. The van der Waals surface area contributed by atoms with Gasteiger partial charge >= 0.3 is 5.97 Å². The number of nitrogens with zero attached hydrogens (tertiary/aromatic N) is 1. The van der Waals surface area contributed by atoms with E-state index in [-0.39, 0.29) is 25.4 Å². The first-order valence-electron chi connectivity index (χ1n) is 9.69. The minimum absolute atomic E-state index is 0. The molecule has 7 nitrogen and oxygen atoms in total. The van der Waals surface area contributed by atoms with E-state index < -0.39 is 12.0 Å². The van der Waals surface area contributed by atoms with Gasteiger partial charge in [-0.05, 0) is 49.1 Å². The number of hydrogen-bond donors (Lipinski definition) is 2. The summed E-state index contributed by atoms with van der Waals surface area (Å²) in [5, 5.41) is 10.4. The molecule has 0 spiro atoms. The first-order chi connectivity index (χ1) is 14.1. The second-order valence-corrected chi connectivity index (χ2v) is 6.62. The van der Waals surface area contributed by atoms with Gasteiger partial charge in [-0.3, -0.25) is 9.63 Å². The molecular weight excluding hydrogens is 408 g/mol. The van der Waals surface area contributed by atoms with Gasteiger partial charge in [0.15, 0.2) is 6.04 Å². The fourth-order valence-corrected chi connectivity index (χ4v) is 2.76. The third-order valence-corrected chi connectivity index (χ3v) is 4.39. The highest BCUT2D eigenvalue weighted by Crippen LogP contribution is 2.16. The minimum Gasteiger partial charge on any atom is -0.494 e. The Balaban J connectivity index is 0.00000450. The Bertz CT molecular complexity index is 743. The maximum Gasteiger partial charge on any atom is 0.329 e. The molecule has 0 aliphatic heterocycles. The molecule has 2 rings (SSSR count). The van der Waals surface area contributed by atoms with E-state index in [1.54, 1.807) is 24.3 Å². The predicted octanol–water partition coefficient (Wildman–Crippen LogP) is 3.20. The summed E-state index contributed by atoms with van der Waals surface area (Å²) in [6, 6.07) is 15.3. The van der Waals surface area contributed by atoms with E-state index in [1.165, 1.54) is 0 Å². The van der Waals surface area contributed by atoms with Gasteiger partial charge in [0.25, 0.3) is 0 Å². The van der Waals surface area contributed by atoms with Crippen molar-refractivity contribution in [2.24, 2.45) is 5.73 Å². The number of hydrogen-bond acceptors (Lipinski definition) is 5. The number of carboxylic acids is 1. The zero-order valence-corrected chi connectivity index (χ0v) is 17.6. The van der Waals surface area contributed by atoms with Crippen LogP contribution < -0.4 is 10.5 Å². The first-order valence-corrected chi connectivity index (χ1v) is 9.69. The highest BCUT2D eigenvalue weighted by molar-refractivity contribution is 5.85. The Hall–Kier alpha value is -2.61. The number of carbonyl (C=O) groups excluding carboxylic acids is 1. The highest BCUT2D eigenvalue weighted by atomic mass is 35.5. The molecule has 8 heteroatoms. The van der Waals surface area contributed by atoms with Crippen LogP contribution in [0.4, 0.5) is 0 Å². The molecular formula is C22H29ClN2O5. The molecule has 0 radical (unpaired) electrons. The van der Waals surface area contributed by atoms with Crippen LogP contribution in [0.1, 0.15) is 30.4 Å². The van der Waals surface area contributed by atoms with Crippen LogP contribution in [-0.4, -0.2) is 41.7 Å². The summed E-state index contributed by atoms with van der Waals surface area (Å²) in [6.45, 7) is 1.41. The fourth-order valence-electron chi connectivity index (χ4n) is 2.76. The number of carbonyl (C=O) groups is 2. The van der Waals surface area contributed by atoms with Crippen molar-refractivity contribution < 1.29 is 24.3 Å². The molecule has 2 aromatic rings. The lowest BCUT2D eigenvalue weighted by Crippen LogP contribution is -2.41. The molecule has 0 saturated heterocycles. The van der Waals surface area contributed by atoms with Gasteiger partial charge < -0.3 is 15.6 Å². The third-order valence-electron chi connectivity index (χ3n) is 4.39. The van der Waals surface area contributed by atoms with Gasteiger partial charge in [0.05, 0.1) is 6.61 Å². The summed E-state index contributed by atoms with van der Waals surface area (Å²) >= 11 is 0. The monoisotopic (exact) mass is 436 g/mol. The summed E-state index contributed by atoms with van der Waals surface area (Å²) in [6.07, 6.45) is 3.48. The third kappa shape index (κ3) is 8.82. The van der Waals surface area contributed by atoms with Crippen molar-refractivity contribution in [3.05, 3.63) is 65.7 Å². The zero-order valence-electron chi connectivity index (χ0n) is 16.8. The van der Waals surface area contributed by atoms with E-state index in [0.717, 1.165) is 41.2 Å². The summed E-state index contributed by atoms with van der Waals surface area (Å²) in [5.74, 6) is -0.411. The van der Waals surface area contributed by atoms with Crippen LogP contribution in [0.15, 0.2) is 54.6 Å². The second-order valence-electron chi connectivity index (χ2n) is 6.62. The number of rotatable bonds is 14. The van der Waals surface area contributed by atoms with Crippen LogP contribution in [0.5, 0.6) is 5.75 Å². The Morgan fingerprint density at radius 3 is 2.33 bits per heavy atom. The smallest absolute Gasteiger partial charge is 0.329 e. The number of hydroxylamine groups is 2. The van der Waals surface area contributed by atoms with Crippen molar-refractivity contribution in [3.63, 3.8) is 0 Å². The molecule has 1 amide bonds. The van der Waals surface area contributed by atoms with Gasteiger partial charge in [-0.2, -0.15) is 0 Å². The molecule has 0 aliphatic rings. The standard InChI is InChI=1S/C22H28N2O5.ClH/c23-13-5-2-6-14-28-20-11-9-18(10-12-20)15-21(22(26)27)24(17-25)29-16-19-7-3-1-4-8-19;/h1,3-4,7-12,17,21H,2,5-6,13-16,23H2,(H,26,27);1H/t21-;/m0./s1. The highest BCUT2D eigenvalue weighted by Gasteiger charge is 2.26. The van der Waals surface area contributed by atoms with Crippen molar-refractivity contribution in [1.82, 2.24) is 5.06 Å². The van der Waals surface area contributed by atoms with Crippen molar-refractivity contribution in [1.29, 1.82) is 0 Å². The lowest BCUT2D eigenvalue weighted by molar-refractivity contribution is -0.200. The first kappa shape index (κ1) is 25.4. The predicted molar refractivity (Wildman–Crippen MR) is 116 cm³/mol. The van der Waals surface area contributed by atoms with Gasteiger partial charge in [-0.25, -0.2) is 9.86 Å². The summed E-state index contributed by atoms with van der Waals surface area (Å²) in [4.78, 5) is 28.5. The number of ether oxygens (including phenoxy) is 1. The maximum absolute atomic E-state index is 11.7. The number of aliphatic carboxylic acids is 1. The molecule has 0 aromatic heterocycles. The van der Waals surface area contributed by atoms with E-state index in [2.05, 4.69) is 0 Å². The molecule has 164 valence electrons. The summed E-state index contributed by atoms with van der Waals surface area (Å²) in [7, 11) is 0. The van der Waals surface area contributed by atoms with E-state index in [0.29, 0.717) is 19.6 Å². The van der Waals surface area contributed by atoms with E-state index >= 15 is 0 Å². The molecule has 30 heavy (non-hydrogen) atoms. The molecule has 0 fully saturated rings. The Labute approximate surface area is 183 Å². The van der Waals surface area contributed by atoms with Crippen LogP contribution in [0.2, 0.25) is 0 Å². The van der Waals surface area contributed by atoms with Crippen molar-refractivity contribution in [2.75, 3.05) is 13.2 Å². The van der Waals surface area contributed by atoms with Gasteiger partial charge in [0, 0.05) is 6.42 Å². The van der Waals surface area contributed by atoms with Gasteiger partial charge in [-0.15, -0.1) is 12.4 Å². The molecule has 3 N–H and O–H groups in total. The van der Waals surface area contributed by atoms with Crippen LogP contribution >= 0.6 is 12.4 Å². The lowest BCUT2D eigenvalue weighted by atomic mass is 10.1. The molecule has 0 bridgehead atoms. The van der Waals surface area contributed by atoms with Crippen LogP contribution in [0.25, 0.3) is 0 Å². The largest absolute Gasteiger partial charge is 0.494 e. The number of unbranched alkanes of at least 4 members (excludes halogenated alkanes) is 2. The number of benzene rings is 2.